The highest BCUT2D eigenvalue weighted by Gasteiger charge is 2.59. The number of hydrogen-bond acceptors (Lipinski definition) is 6. The largest absolute Gasteiger partial charge is 0.497 e. The Labute approximate surface area is 192 Å². The van der Waals surface area contributed by atoms with Crippen molar-refractivity contribution in [2.45, 2.75) is 25.0 Å². The Kier molecular flexibility index (Phi) is 4.44. The Hall–Kier alpha value is -4.29. The van der Waals surface area contributed by atoms with Gasteiger partial charge in [0.05, 0.1) is 18.7 Å². The third-order valence-corrected chi connectivity index (χ3v) is 6.80. The quantitative estimate of drug-likeness (QED) is 0.498. The molecule has 2 aliphatic rings. The van der Waals surface area contributed by atoms with Crippen molar-refractivity contribution in [3.05, 3.63) is 65.2 Å². The fourth-order valence-electron chi connectivity index (χ4n) is 4.92. The fraction of sp³-hybridized carbons (Fsp3) is 0.222. The lowest BCUT2D eigenvalue weighted by Crippen LogP contribution is -2.61. The van der Waals surface area contributed by atoms with E-state index in [9.17, 15) is 10.5 Å². The van der Waals surface area contributed by atoms with Crippen LogP contribution in [0.1, 0.15) is 25.0 Å². The predicted octanol–water partition coefficient (Wildman–Crippen LogP) is 5.50. The number of anilines is 1. The zero-order valence-corrected chi connectivity index (χ0v) is 18.9. The maximum absolute atomic E-state index is 9.37. The summed E-state index contributed by atoms with van der Waals surface area (Å²) in [5, 5.41) is 20.7. The van der Waals surface area contributed by atoms with Crippen molar-refractivity contribution in [1.29, 1.82) is 10.5 Å². The molecule has 0 N–H and O–H groups in total. The topological polar surface area (TPSA) is 81.6 Å². The van der Waals surface area contributed by atoms with Crippen molar-refractivity contribution in [3.8, 4) is 23.6 Å². The molecule has 0 radical (unpaired) electrons. The van der Waals surface area contributed by atoms with Gasteiger partial charge >= 0.3 is 0 Å². The number of aliphatic imine (C=N–C) groups is 1. The fourth-order valence-corrected chi connectivity index (χ4v) is 4.92. The van der Waals surface area contributed by atoms with Crippen molar-refractivity contribution >= 4 is 34.4 Å². The second-order valence-electron chi connectivity index (χ2n) is 8.77. The summed E-state index contributed by atoms with van der Waals surface area (Å²) in [4.78, 5) is 7.02. The highest BCUT2D eigenvalue weighted by Crippen LogP contribution is 2.55. The lowest BCUT2D eigenvalue weighted by atomic mass is 9.77. The van der Waals surface area contributed by atoms with Crippen LogP contribution in [0, 0.1) is 22.7 Å². The third kappa shape index (κ3) is 2.74. The lowest BCUT2D eigenvalue weighted by molar-refractivity contribution is 0.0823. The number of rotatable bonds is 2. The minimum absolute atomic E-state index is 0.00624. The van der Waals surface area contributed by atoms with Crippen LogP contribution < -0.4 is 14.4 Å². The van der Waals surface area contributed by atoms with Gasteiger partial charge in [-0.3, -0.25) is 4.99 Å². The van der Waals surface area contributed by atoms with E-state index in [1.54, 1.807) is 13.2 Å². The number of nitrogens with zero attached hydrogens (tertiary/aromatic N) is 4. The van der Waals surface area contributed by atoms with E-state index in [1.807, 2.05) is 73.9 Å². The first-order valence-electron chi connectivity index (χ1n) is 10.6. The van der Waals surface area contributed by atoms with Crippen LogP contribution in [0.2, 0.25) is 0 Å². The van der Waals surface area contributed by atoms with Crippen molar-refractivity contribution in [3.63, 3.8) is 0 Å². The monoisotopic (exact) mass is 434 g/mol. The highest BCUT2D eigenvalue weighted by atomic mass is 16.5. The van der Waals surface area contributed by atoms with Crippen molar-refractivity contribution < 1.29 is 9.47 Å². The van der Waals surface area contributed by atoms with Gasteiger partial charge in [-0.05, 0) is 55.1 Å². The van der Waals surface area contributed by atoms with Gasteiger partial charge in [-0.25, -0.2) is 0 Å². The van der Waals surface area contributed by atoms with Crippen molar-refractivity contribution in [2.24, 2.45) is 4.99 Å². The summed E-state index contributed by atoms with van der Waals surface area (Å²) in [5.74, 6) is 1.33. The van der Waals surface area contributed by atoms with Gasteiger partial charge in [0.2, 0.25) is 5.72 Å². The first-order chi connectivity index (χ1) is 15.9. The molecular formula is C27H22N4O2. The van der Waals surface area contributed by atoms with Crippen LogP contribution in [0.15, 0.2) is 59.1 Å². The molecule has 6 nitrogen and oxygen atoms in total. The Bertz CT molecular complexity index is 1440. The summed E-state index contributed by atoms with van der Waals surface area (Å²) in [6.45, 7) is 4.25. The number of nitriles is 2. The molecule has 3 aromatic rings. The Balaban J connectivity index is 1.76. The molecule has 1 spiro atoms. The van der Waals surface area contributed by atoms with Gasteiger partial charge in [0.25, 0.3) is 0 Å². The van der Waals surface area contributed by atoms with Crippen LogP contribution in [0.25, 0.3) is 16.8 Å². The molecular weight excluding hydrogens is 412 g/mol. The summed E-state index contributed by atoms with van der Waals surface area (Å²) in [7, 11) is 3.65. The smallest absolute Gasteiger partial charge is 0.228 e. The first-order valence-corrected chi connectivity index (χ1v) is 10.6. The summed E-state index contributed by atoms with van der Waals surface area (Å²) in [6.07, 6.45) is 3.44. The van der Waals surface area contributed by atoms with Crippen LogP contribution in [0.5, 0.6) is 11.5 Å². The minimum Gasteiger partial charge on any atom is -0.497 e. The zero-order valence-electron chi connectivity index (χ0n) is 18.9. The van der Waals surface area contributed by atoms with E-state index in [4.69, 9.17) is 14.5 Å². The SMILES string of the molecule is COc1ccc2c(c1)C(C)(C)C1(C=Nc3c(c(C=C(C#N)C#N)cc4ccccc34)O1)N2C. The van der Waals surface area contributed by atoms with Crippen molar-refractivity contribution in [1.82, 2.24) is 0 Å². The molecule has 1 atom stereocenters. The molecule has 6 heteroatoms. The number of likely N-dealkylation sites (N-methyl/N-ethyl adjacent to an activating group) is 1. The van der Waals surface area contributed by atoms with Gasteiger partial charge in [-0.2, -0.15) is 10.5 Å². The maximum Gasteiger partial charge on any atom is 0.228 e. The lowest BCUT2D eigenvalue weighted by Gasteiger charge is -2.45. The van der Waals surface area contributed by atoms with Crippen LogP contribution in [-0.4, -0.2) is 26.1 Å². The van der Waals surface area contributed by atoms with E-state index in [2.05, 4.69) is 18.7 Å². The molecule has 0 bridgehead atoms. The zero-order chi connectivity index (χ0) is 23.4. The standard InChI is InChI=1S/C27H22N4O2/c1-26(2)22-13-20(32-4)9-10-23(22)31(3)27(26)16-30-24-21-8-6-5-7-18(21)12-19(25(24)33-27)11-17(14-28)15-29/h5-13,16H,1-4H3. The summed E-state index contributed by atoms with van der Waals surface area (Å²) >= 11 is 0. The third-order valence-electron chi connectivity index (χ3n) is 6.80. The molecule has 33 heavy (non-hydrogen) atoms. The molecule has 162 valence electrons. The van der Waals surface area contributed by atoms with Crippen LogP contribution in [0.4, 0.5) is 11.4 Å². The molecule has 5 rings (SSSR count). The number of methoxy groups -OCH3 is 1. The Morgan fingerprint density at radius 1 is 1.12 bits per heavy atom. The van der Waals surface area contributed by atoms with Gasteiger partial charge in [0.1, 0.15) is 29.1 Å². The van der Waals surface area contributed by atoms with Gasteiger partial charge < -0.3 is 14.4 Å². The van der Waals surface area contributed by atoms with Gasteiger partial charge in [-0.15, -0.1) is 0 Å². The summed E-state index contributed by atoms with van der Waals surface area (Å²) in [6, 6.07) is 19.7. The highest BCUT2D eigenvalue weighted by molar-refractivity contribution is 6.02. The normalized spacial score (nSPS) is 19.3. The number of benzene rings is 3. The number of allylic oxidation sites excluding steroid dienone is 1. The molecule has 0 aliphatic carbocycles. The summed E-state index contributed by atoms with van der Waals surface area (Å²) in [5.41, 5.74) is 2.09. The van der Waals surface area contributed by atoms with E-state index in [-0.39, 0.29) is 5.57 Å². The van der Waals surface area contributed by atoms with Crippen LogP contribution in [-0.2, 0) is 5.41 Å². The minimum atomic E-state index is -0.904. The van der Waals surface area contributed by atoms with Gasteiger partial charge in [0, 0.05) is 23.7 Å². The van der Waals surface area contributed by atoms with E-state index >= 15 is 0 Å². The van der Waals surface area contributed by atoms with Crippen molar-refractivity contribution in [2.75, 3.05) is 19.1 Å². The number of hydrogen-bond donors (Lipinski definition) is 0. The van der Waals surface area contributed by atoms with E-state index in [0.717, 1.165) is 27.8 Å². The van der Waals surface area contributed by atoms with Gasteiger partial charge in [0.15, 0.2) is 5.75 Å². The Morgan fingerprint density at radius 3 is 2.61 bits per heavy atom. The molecule has 2 aliphatic heterocycles. The molecule has 1 unspecified atom stereocenters. The molecule has 3 aromatic carbocycles. The predicted molar refractivity (Wildman–Crippen MR) is 129 cm³/mol. The Morgan fingerprint density at radius 2 is 1.88 bits per heavy atom. The number of fused-ring (bicyclic) bond motifs is 4. The van der Waals surface area contributed by atoms with E-state index < -0.39 is 11.1 Å². The second-order valence-corrected chi connectivity index (χ2v) is 8.77. The molecule has 0 aromatic heterocycles. The van der Waals surface area contributed by atoms with Gasteiger partial charge in [-0.1, -0.05) is 24.3 Å². The van der Waals surface area contributed by atoms with E-state index in [1.165, 1.54) is 0 Å². The first kappa shape index (κ1) is 20.6. The van der Waals surface area contributed by atoms with Crippen LogP contribution >= 0.6 is 0 Å². The summed E-state index contributed by atoms with van der Waals surface area (Å²) < 4.78 is 12.3. The molecule has 0 saturated heterocycles. The van der Waals surface area contributed by atoms with Crippen LogP contribution in [0.3, 0.4) is 0 Å². The molecule has 0 saturated carbocycles. The molecule has 0 amide bonds. The molecule has 2 heterocycles. The molecule has 0 fully saturated rings. The van der Waals surface area contributed by atoms with E-state index in [0.29, 0.717) is 17.0 Å². The maximum atomic E-state index is 9.37. The average molecular weight is 434 g/mol. The average Bonchev–Trinajstić information content (AvgIpc) is 3.00. The second kappa shape index (κ2) is 7.12. The number of ether oxygens (including phenoxy) is 2.